The summed E-state index contributed by atoms with van der Waals surface area (Å²) >= 11 is 0. The third-order valence-corrected chi connectivity index (χ3v) is 10.9. The summed E-state index contributed by atoms with van der Waals surface area (Å²) in [6, 6.07) is 19.8. The first-order valence-electron chi connectivity index (χ1n) is 20.1. The molecular weight excluding hydrogens is 781 g/mol. The summed E-state index contributed by atoms with van der Waals surface area (Å²) < 4.78 is 65.7. The number of carbonyl (C=O) groups is 1. The standard InChI is InChI=1S/C49H56O12/c1-11-12-60-49(50)28-61-48-27-37-16-35-24-43(55-6)33(22-44(35)56-7)14-31-20-39(51-2)29(18-40(31)52-3)13-30-19-42(54-5)32(21-41(30)53-4)15-34-23-46(58-9)36(25-45(34)57-8)17-38(48)26-47(37)59-10/h18-27H,11-17,28H2,1-10H3. The number of hydrogen-bond donors (Lipinski definition) is 0. The maximum Gasteiger partial charge on any atom is 0.344 e. The van der Waals surface area contributed by atoms with Crippen molar-refractivity contribution in [3.63, 3.8) is 0 Å². The van der Waals surface area contributed by atoms with Crippen molar-refractivity contribution in [2.75, 3.05) is 77.2 Å². The number of benzene rings is 5. The minimum Gasteiger partial charge on any atom is -0.496 e. The van der Waals surface area contributed by atoms with Crippen LogP contribution in [0.25, 0.3) is 0 Å². The van der Waals surface area contributed by atoms with E-state index in [1.807, 2.05) is 67.6 Å². The van der Waals surface area contributed by atoms with Crippen LogP contribution in [0, 0.1) is 0 Å². The van der Waals surface area contributed by atoms with E-state index >= 15 is 0 Å². The summed E-state index contributed by atoms with van der Waals surface area (Å²) in [4.78, 5) is 12.7. The summed E-state index contributed by atoms with van der Waals surface area (Å²) in [6.45, 7) is 1.97. The minimum atomic E-state index is -0.463. The number of ether oxygens (including phenoxy) is 11. The number of hydrogen-bond acceptors (Lipinski definition) is 12. The zero-order valence-electron chi connectivity index (χ0n) is 36.8. The maximum absolute atomic E-state index is 12.7. The Morgan fingerprint density at radius 3 is 0.754 bits per heavy atom. The Hall–Kier alpha value is -6.43. The molecule has 12 heteroatoms. The Morgan fingerprint density at radius 1 is 0.361 bits per heavy atom. The zero-order valence-corrected chi connectivity index (χ0v) is 36.8. The maximum atomic E-state index is 12.7. The number of carbonyl (C=O) groups excluding carboxylic acids is 1. The van der Waals surface area contributed by atoms with E-state index in [-0.39, 0.29) is 6.61 Å². The van der Waals surface area contributed by atoms with E-state index in [9.17, 15) is 4.79 Å². The number of rotatable bonds is 14. The van der Waals surface area contributed by atoms with Gasteiger partial charge in [0.05, 0.1) is 70.6 Å². The molecule has 61 heavy (non-hydrogen) atoms. The van der Waals surface area contributed by atoms with E-state index in [0.717, 1.165) is 55.6 Å². The van der Waals surface area contributed by atoms with Crippen LogP contribution >= 0.6 is 0 Å². The van der Waals surface area contributed by atoms with Crippen molar-refractivity contribution in [1.82, 2.24) is 0 Å². The normalized spacial score (nSPS) is 12.0. The van der Waals surface area contributed by atoms with E-state index in [1.54, 1.807) is 64.0 Å². The molecule has 0 aliphatic heterocycles. The molecule has 0 spiro atoms. The fourth-order valence-corrected chi connectivity index (χ4v) is 7.87. The van der Waals surface area contributed by atoms with Crippen LogP contribution in [0.3, 0.4) is 0 Å². The fourth-order valence-electron chi connectivity index (χ4n) is 7.87. The first-order valence-corrected chi connectivity index (χ1v) is 20.1. The molecule has 0 aromatic heterocycles. The largest absolute Gasteiger partial charge is 0.496 e. The van der Waals surface area contributed by atoms with Crippen molar-refractivity contribution in [3.05, 3.63) is 116 Å². The van der Waals surface area contributed by atoms with Gasteiger partial charge in [0.25, 0.3) is 0 Å². The molecule has 5 aromatic carbocycles. The molecule has 5 aromatic rings. The second-order valence-electron chi connectivity index (χ2n) is 14.6. The highest BCUT2D eigenvalue weighted by Gasteiger charge is 2.23. The van der Waals surface area contributed by atoms with Crippen molar-refractivity contribution >= 4 is 5.97 Å². The first-order chi connectivity index (χ1) is 29.6. The molecule has 0 fully saturated rings. The van der Waals surface area contributed by atoms with Gasteiger partial charge in [0, 0.05) is 87.7 Å². The monoisotopic (exact) mass is 836 g/mol. The molecule has 10 aliphatic carbocycles. The molecule has 0 unspecified atom stereocenters. The predicted octanol–water partition coefficient (Wildman–Crippen LogP) is 8.36. The topological polar surface area (TPSA) is 119 Å². The van der Waals surface area contributed by atoms with E-state index in [2.05, 4.69) is 0 Å². The summed E-state index contributed by atoms with van der Waals surface area (Å²) in [5, 5.41) is 0. The molecule has 0 saturated heterocycles. The fraction of sp³-hybridized carbons (Fsp3) is 0.367. The average molecular weight is 837 g/mol. The molecule has 10 bridgehead atoms. The van der Waals surface area contributed by atoms with Gasteiger partial charge >= 0.3 is 5.97 Å². The van der Waals surface area contributed by atoms with Crippen LogP contribution in [-0.2, 0) is 41.6 Å². The van der Waals surface area contributed by atoms with Gasteiger partial charge in [0.1, 0.15) is 57.5 Å². The predicted molar refractivity (Wildman–Crippen MR) is 232 cm³/mol. The summed E-state index contributed by atoms with van der Waals surface area (Å²) in [5.74, 6) is 6.02. The quantitative estimate of drug-likeness (QED) is 0.0982. The molecule has 12 nitrogen and oxygen atoms in total. The molecule has 0 radical (unpaired) electrons. The molecule has 0 saturated carbocycles. The molecule has 0 N–H and O–H groups in total. The molecule has 0 heterocycles. The third kappa shape index (κ3) is 9.80. The second kappa shape index (κ2) is 20.2. The van der Waals surface area contributed by atoms with Gasteiger partial charge < -0.3 is 52.1 Å². The SMILES string of the molecule is CCCOC(=O)COc1cc2c(OC)cc1Cc1cc(OC)c(cc1OC)Cc1cc(OC)c(cc1OC)Cc1cc(OC)c(cc1OC)Cc1cc(OC)c(cc1OC)C2. The lowest BCUT2D eigenvalue weighted by molar-refractivity contribution is -0.146. The van der Waals surface area contributed by atoms with Gasteiger partial charge in [-0.2, -0.15) is 0 Å². The van der Waals surface area contributed by atoms with Gasteiger partial charge in [-0.3, -0.25) is 0 Å². The van der Waals surface area contributed by atoms with Gasteiger partial charge in [0.15, 0.2) is 6.61 Å². The van der Waals surface area contributed by atoms with Crippen molar-refractivity contribution in [2.24, 2.45) is 0 Å². The summed E-state index contributed by atoms with van der Waals surface area (Å²) in [6.07, 6.45) is 2.85. The molecule has 0 amide bonds. The van der Waals surface area contributed by atoms with Crippen LogP contribution in [0.5, 0.6) is 57.5 Å². The van der Waals surface area contributed by atoms with Crippen LogP contribution < -0.4 is 47.4 Å². The Morgan fingerprint density at radius 2 is 0.557 bits per heavy atom. The van der Waals surface area contributed by atoms with Crippen LogP contribution in [0.4, 0.5) is 0 Å². The third-order valence-electron chi connectivity index (χ3n) is 10.9. The van der Waals surface area contributed by atoms with Gasteiger partial charge in [-0.15, -0.1) is 0 Å². The molecule has 15 rings (SSSR count). The Bertz CT molecular complexity index is 2350. The Labute approximate surface area is 358 Å². The van der Waals surface area contributed by atoms with E-state index in [1.165, 1.54) is 0 Å². The van der Waals surface area contributed by atoms with Gasteiger partial charge in [-0.1, -0.05) is 6.92 Å². The lowest BCUT2D eigenvalue weighted by Crippen LogP contribution is -2.16. The zero-order chi connectivity index (χ0) is 43.6. The van der Waals surface area contributed by atoms with E-state index < -0.39 is 5.97 Å². The number of methoxy groups -OCH3 is 9. The lowest BCUT2D eigenvalue weighted by Gasteiger charge is -2.20. The van der Waals surface area contributed by atoms with Crippen molar-refractivity contribution in [3.8, 4) is 57.5 Å². The van der Waals surface area contributed by atoms with Gasteiger partial charge in [0.2, 0.25) is 0 Å². The summed E-state index contributed by atoms with van der Waals surface area (Å²) in [5.41, 5.74) is 8.61. The lowest BCUT2D eigenvalue weighted by atomic mass is 9.94. The van der Waals surface area contributed by atoms with E-state index in [4.69, 9.17) is 52.1 Å². The van der Waals surface area contributed by atoms with E-state index in [0.29, 0.717) is 103 Å². The average Bonchev–Trinajstić information content (AvgIpc) is 3.28. The molecule has 324 valence electrons. The van der Waals surface area contributed by atoms with Crippen LogP contribution in [0.15, 0.2) is 60.7 Å². The summed E-state index contributed by atoms with van der Waals surface area (Å²) in [7, 11) is 14.8. The smallest absolute Gasteiger partial charge is 0.344 e. The van der Waals surface area contributed by atoms with Gasteiger partial charge in [-0.25, -0.2) is 4.79 Å². The first kappa shape index (κ1) is 44.1. The highest BCUT2D eigenvalue weighted by molar-refractivity contribution is 5.71. The minimum absolute atomic E-state index is 0.274. The molecular formula is C49H56O12. The Kier molecular flexibility index (Phi) is 14.6. The van der Waals surface area contributed by atoms with Crippen LogP contribution in [0.2, 0.25) is 0 Å². The molecule has 0 atom stereocenters. The highest BCUT2D eigenvalue weighted by atomic mass is 16.6. The van der Waals surface area contributed by atoms with Crippen LogP contribution in [0.1, 0.15) is 69.0 Å². The van der Waals surface area contributed by atoms with Crippen molar-refractivity contribution < 1.29 is 56.9 Å². The van der Waals surface area contributed by atoms with Crippen molar-refractivity contribution in [2.45, 2.75) is 45.4 Å². The highest BCUT2D eigenvalue weighted by Crippen LogP contribution is 2.42. The molecule has 10 aliphatic rings. The van der Waals surface area contributed by atoms with Gasteiger partial charge in [-0.05, 0) is 67.1 Å². The number of esters is 1. The second-order valence-corrected chi connectivity index (χ2v) is 14.6. The van der Waals surface area contributed by atoms with Crippen LogP contribution in [-0.4, -0.2) is 83.2 Å². The Balaban J connectivity index is 1.60. The van der Waals surface area contributed by atoms with Crippen molar-refractivity contribution in [1.29, 1.82) is 0 Å².